The van der Waals surface area contributed by atoms with E-state index in [2.05, 4.69) is 10.2 Å². The summed E-state index contributed by atoms with van der Waals surface area (Å²) >= 11 is 0. The van der Waals surface area contributed by atoms with Gasteiger partial charge in [-0.2, -0.15) is 5.10 Å². The zero-order valence-electron chi connectivity index (χ0n) is 14.1. The van der Waals surface area contributed by atoms with Crippen molar-refractivity contribution in [2.45, 2.75) is 25.7 Å². The molecule has 25 heavy (non-hydrogen) atoms. The number of hydrogen-bond acceptors (Lipinski definition) is 4. The number of aromatic nitrogens is 2. The van der Waals surface area contributed by atoms with Crippen molar-refractivity contribution in [2.24, 2.45) is 5.92 Å². The smallest absolute Gasteiger partial charge is 0.253 e. The van der Waals surface area contributed by atoms with Crippen LogP contribution in [0, 0.1) is 5.92 Å². The number of likely N-dealkylation sites (tertiary alicyclic amines) is 1. The number of rotatable bonds is 2. The van der Waals surface area contributed by atoms with Crippen molar-refractivity contribution in [2.75, 3.05) is 26.2 Å². The van der Waals surface area contributed by atoms with E-state index in [4.69, 9.17) is 4.84 Å². The highest BCUT2D eigenvalue weighted by Gasteiger charge is 2.32. The molecule has 2 saturated heterocycles. The molecule has 1 atom stereocenters. The number of nitrogens with one attached hydrogen (secondary N) is 1. The second kappa shape index (κ2) is 6.84. The minimum atomic E-state index is -0.173. The first-order valence-electron chi connectivity index (χ1n) is 8.89. The number of fused-ring (bicyclic) bond motifs is 1. The van der Waals surface area contributed by atoms with Gasteiger partial charge in [0.15, 0.2) is 0 Å². The van der Waals surface area contributed by atoms with Gasteiger partial charge in [0.1, 0.15) is 0 Å². The summed E-state index contributed by atoms with van der Waals surface area (Å²) in [5, 5.41) is 9.29. The maximum absolute atomic E-state index is 12.8. The summed E-state index contributed by atoms with van der Waals surface area (Å²) < 4.78 is 0. The lowest BCUT2D eigenvalue weighted by molar-refractivity contribution is -0.202. The topological polar surface area (TPSA) is 78.5 Å². The molecule has 1 aromatic heterocycles. The van der Waals surface area contributed by atoms with Crippen LogP contribution in [0.1, 0.15) is 36.0 Å². The van der Waals surface area contributed by atoms with Gasteiger partial charge in [-0.3, -0.25) is 19.5 Å². The van der Waals surface area contributed by atoms with Crippen LogP contribution in [0.4, 0.5) is 0 Å². The number of hydroxylamine groups is 2. The van der Waals surface area contributed by atoms with E-state index in [0.29, 0.717) is 31.8 Å². The SMILES string of the molecule is O=C(c1ccc2[nH]ncc2c1)N1CCC[C@H](C(=O)N2CCCCO2)C1. The lowest BCUT2D eigenvalue weighted by Crippen LogP contribution is -2.47. The molecular weight excluding hydrogens is 320 g/mol. The molecule has 3 heterocycles. The minimum Gasteiger partial charge on any atom is -0.338 e. The van der Waals surface area contributed by atoms with Gasteiger partial charge in [-0.15, -0.1) is 0 Å². The number of hydrogen-bond donors (Lipinski definition) is 1. The molecule has 0 spiro atoms. The third-order valence-corrected chi connectivity index (χ3v) is 4.99. The van der Waals surface area contributed by atoms with Crippen molar-refractivity contribution < 1.29 is 14.4 Å². The number of carbonyl (C=O) groups excluding carboxylic acids is 2. The Balaban J connectivity index is 1.46. The second-order valence-electron chi connectivity index (χ2n) is 6.74. The van der Waals surface area contributed by atoms with Crippen LogP contribution in [-0.2, 0) is 9.63 Å². The van der Waals surface area contributed by atoms with Gasteiger partial charge in [-0.05, 0) is 43.9 Å². The highest BCUT2D eigenvalue weighted by molar-refractivity contribution is 5.98. The van der Waals surface area contributed by atoms with Gasteiger partial charge in [-0.1, -0.05) is 0 Å². The maximum atomic E-state index is 12.8. The molecule has 0 radical (unpaired) electrons. The monoisotopic (exact) mass is 342 g/mol. The zero-order chi connectivity index (χ0) is 17.2. The highest BCUT2D eigenvalue weighted by atomic mass is 16.7. The van der Waals surface area contributed by atoms with Crippen molar-refractivity contribution in [1.82, 2.24) is 20.2 Å². The summed E-state index contributed by atoms with van der Waals surface area (Å²) in [5.41, 5.74) is 1.54. The molecule has 0 bridgehead atoms. The molecular formula is C18H22N4O3. The summed E-state index contributed by atoms with van der Waals surface area (Å²) in [5.74, 6) is -0.184. The maximum Gasteiger partial charge on any atom is 0.253 e. The minimum absolute atomic E-state index is 0.0162. The Kier molecular flexibility index (Phi) is 4.40. The van der Waals surface area contributed by atoms with Crippen LogP contribution in [0.2, 0.25) is 0 Å². The average Bonchev–Trinajstić information content (AvgIpc) is 3.15. The van der Waals surface area contributed by atoms with Gasteiger partial charge in [0.2, 0.25) is 0 Å². The molecule has 7 heteroatoms. The Labute approximate surface area is 145 Å². The Morgan fingerprint density at radius 2 is 2.12 bits per heavy atom. The van der Waals surface area contributed by atoms with Crippen LogP contribution in [0.25, 0.3) is 10.9 Å². The standard InChI is InChI=1S/C18H22N4O3/c23-17(13-5-6-16-15(10-13)11-19-20-16)21-7-3-4-14(12-21)18(24)22-8-1-2-9-25-22/h5-6,10-11,14H,1-4,7-9,12H2,(H,19,20)/t14-/m0/s1. The molecule has 132 valence electrons. The Hall–Kier alpha value is -2.41. The Bertz CT molecular complexity index is 781. The summed E-state index contributed by atoms with van der Waals surface area (Å²) in [6.45, 7) is 2.40. The first-order valence-corrected chi connectivity index (χ1v) is 8.89. The first kappa shape index (κ1) is 16.1. The van der Waals surface area contributed by atoms with E-state index in [1.165, 1.54) is 5.06 Å². The van der Waals surface area contributed by atoms with E-state index in [0.717, 1.165) is 36.6 Å². The molecule has 2 aromatic rings. The second-order valence-corrected chi connectivity index (χ2v) is 6.74. The lowest BCUT2D eigenvalue weighted by Gasteiger charge is -2.35. The molecule has 0 saturated carbocycles. The molecule has 2 aliphatic rings. The number of piperidine rings is 1. The molecule has 0 aliphatic carbocycles. The molecule has 2 aliphatic heterocycles. The Morgan fingerprint density at radius 1 is 1.20 bits per heavy atom. The van der Waals surface area contributed by atoms with Crippen molar-refractivity contribution >= 4 is 22.7 Å². The van der Waals surface area contributed by atoms with E-state index in [-0.39, 0.29) is 17.7 Å². The number of benzene rings is 1. The van der Waals surface area contributed by atoms with Gasteiger partial charge in [-0.25, -0.2) is 5.06 Å². The van der Waals surface area contributed by atoms with Crippen LogP contribution in [0.5, 0.6) is 0 Å². The van der Waals surface area contributed by atoms with Crippen molar-refractivity contribution in [3.05, 3.63) is 30.0 Å². The van der Waals surface area contributed by atoms with Gasteiger partial charge in [0.05, 0.1) is 24.2 Å². The summed E-state index contributed by atoms with van der Waals surface area (Å²) in [7, 11) is 0. The van der Waals surface area contributed by atoms with E-state index in [9.17, 15) is 9.59 Å². The largest absolute Gasteiger partial charge is 0.338 e. The van der Waals surface area contributed by atoms with E-state index in [1.54, 1.807) is 11.1 Å². The average molecular weight is 342 g/mol. The lowest BCUT2D eigenvalue weighted by atomic mass is 9.96. The van der Waals surface area contributed by atoms with Crippen LogP contribution in [0.3, 0.4) is 0 Å². The molecule has 1 N–H and O–H groups in total. The number of nitrogens with zero attached hydrogens (tertiary/aromatic N) is 3. The van der Waals surface area contributed by atoms with E-state index in [1.807, 2.05) is 18.2 Å². The number of carbonyl (C=O) groups is 2. The third kappa shape index (κ3) is 3.24. The molecule has 4 rings (SSSR count). The van der Waals surface area contributed by atoms with Crippen LogP contribution < -0.4 is 0 Å². The number of aromatic amines is 1. The molecule has 2 fully saturated rings. The summed E-state index contributed by atoms with van der Waals surface area (Å²) in [6, 6.07) is 5.52. The van der Waals surface area contributed by atoms with Gasteiger partial charge >= 0.3 is 0 Å². The molecule has 1 aromatic carbocycles. The Morgan fingerprint density at radius 3 is 2.96 bits per heavy atom. The zero-order valence-corrected chi connectivity index (χ0v) is 14.1. The fourth-order valence-corrected chi connectivity index (χ4v) is 3.60. The fraction of sp³-hybridized carbons (Fsp3) is 0.500. The van der Waals surface area contributed by atoms with Gasteiger partial charge < -0.3 is 4.90 Å². The summed E-state index contributed by atoms with van der Waals surface area (Å²) in [4.78, 5) is 32.8. The van der Waals surface area contributed by atoms with Crippen molar-refractivity contribution in [3.8, 4) is 0 Å². The number of H-pyrrole nitrogens is 1. The van der Waals surface area contributed by atoms with Crippen LogP contribution >= 0.6 is 0 Å². The van der Waals surface area contributed by atoms with Crippen LogP contribution in [0.15, 0.2) is 24.4 Å². The van der Waals surface area contributed by atoms with E-state index < -0.39 is 0 Å². The normalized spacial score (nSPS) is 21.5. The van der Waals surface area contributed by atoms with Crippen molar-refractivity contribution in [3.63, 3.8) is 0 Å². The van der Waals surface area contributed by atoms with E-state index >= 15 is 0 Å². The first-order chi connectivity index (χ1) is 12.2. The third-order valence-electron chi connectivity index (χ3n) is 4.99. The molecule has 7 nitrogen and oxygen atoms in total. The molecule has 0 unspecified atom stereocenters. The molecule has 2 amide bonds. The van der Waals surface area contributed by atoms with Crippen molar-refractivity contribution in [1.29, 1.82) is 0 Å². The predicted molar refractivity (Wildman–Crippen MR) is 91.6 cm³/mol. The van der Waals surface area contributed by atoms with Gasteiger partial charge in [0, 0.05) is 30.6 Å². The highest BCUT2D eigenvalue weighted by Crippen LogP contribution is 2.23. The number of amides is 2. The summed E-state index contributed by atoms with van der Waals surface area (Å²) in [6.07, 6.45) is 5.33. The van der Waals surface area contributed by atoms with Crippen LogP contribution in [-0.4, -0.2) is 58.2 Å². The quantitative estimate of drug-likeness (QED) is 0.905. The predicted octanol–water partition coefficient (Wildman–Crippen LogP) is 1.97. The van der Waals surface area contributed by atoms with Gasteiger partial charge in [0.25, 0.3) is 11.8 Å². The fourth-order valence-electron chi connectivity index (χ4n) is 3.60.